The Labute approximate surface area is 256 Å². The normalized spacial score (nSPS) is 18.9. The van der Waals surface area contributed by atoms with E-state index in [1.54, 1.807) is 0 Å². The third kappa shape index (κ3) is 6.86. The van der Waals surface area contributed by atoms with Crippen LogP contribution in [0.15, 0.2) is 121 Å². The number of hydrogen-bond acceptors (Lipinski definition) is 4. The summed E-state index contributed by atoms with van der Waals surface area (Å²) in [4.78, 5) is 56.8. The number of nitrogens with zero attached hydrogens (tertiary/aromatic N) is 2. The Balaban J connectivity index is 1.52. The van der Waals surface area contributed by atoms with E-state index in [2.05, 4.69) is 0 Å². The van der Waals surface area contributed by atoms with Crippen LogP contribution in [0, 0.1) is 23.7 Å². The maximum atomic E-state index is 14.4. The predicted octanol–water partition coefficient (Wildman–Crippen LogP) is 5.09. The number of benzene rings is 4. The van der Waals surface area contributed by atoms with Crippen molar-refractivity contribution in [2.75, 3.05) is 0 Å². The van der Waals surface area contributed by atoms with Crippen molar-refractivity contribution >= 4 is 23.8 Å². The zero-order valence-corrected chi connectivity index (χ0v) is 24.1. The summed E-state index contributed by atoms with van der Waals surface area (Å²) in [7, 11) is 0. The number of carbonyl (C=O) groups excluding carboxylic acids is 2. The smallest absolute Gasteiger partial charge is 0.308 e. The molecule has 0 spiro atoms. The predicted molar refractivity (Wildman–Crippen MR) is 164 cm³/mol. The van der Waals surface area contributed by atoms with Crippen LogP contribution in [0.4, 0.5) is 0 Å². The molecule has 2 amide bonds. The minimum absolute atomic E-state index is 0.174. The van der Waals surface area contributed by atoms with Crippen LogP contribution >= 0.6 is 0 Å². The van der Waals surface area contributed by atoms with Crippen molar-refractivity contribution in [3.05, 3.63) is 144 Å². The SMILES string of the molecule is O=C(O)[C@@H]1[C@@H](C(=O)O)[C@@H](C(=O)N(Cc2ccccc2)Cc2ccccc2)[C@@H]1C(=O)N(Cc1ccccc1)Cc1ccccc1. The lowest BCUT2D eigenvalue weighted by Gasteiger charge is -2.48. The number of carboxylic acid groups (broad SMARTS) is 2. The second-order valence-electron chi connectivity index (χ2n) is 11.1. The molecule has 4 aromatic carbocycles. The van der Waals surface area contributed by atoms with Crippen molar-refractivity contribution in [2.45, 2.75) is 26.2 Å². The summed E-state index contributed by atoms with van der Waals surface area (Å²) in [5.41, 5.74) is 3.32. The van der Waals surface area contributed by atoms with Gasteiger partial charge in [-0.25, -0.2) is 0 Å². The van der Waals surface area contributed by atoms with E-state index in [1.807, 2.05) is 121 Å². The highest BCUT2D eigenvalue weighted by Crippen LogP contribution is 2.49. The lowest BCUT2D eigenvalue weighted by molar-refractivity contribution is -0.188. The van der Waals surface area contributed by atoms with Crippen molar-refractivity contribution in [2.24, 2.45) is 23.7 Å². The molecular weight excluding hydrogens is 556 g/mol. The van der Waals surface area contributed by atoms with E-state index >= 15 is 0 Å². The first-order valence-corrected chi connectivity index (χ1v) is 14.5. The van der Waals surface area contributed by atoms with Gasteiger partial charge in [-0.15, -0.1) is 0 Å². The van der Waals surface area contributed by atoms with Gasteiger partial charge in [0.2, 0.25) is 11.8 Å². The van der Waals surface area contributed by atoms with Gasteiger partial charge < -0.3 is 20.0 Å². The molecule has 0 saturated heterocycles. The molecule has 0 unspecified atom stereocenters. The Hall–Kier alpha value is -5.24. The molecule has 8 nitrogen and oxygen atoms in total. The maximum Gasteiger partial charge on any atom is 0.308 e. The van der Waals surface area contributed by atoms with E-state index in [0.29, 0.717) is 0 Å². The Bertz CT molecular complexity index is 1380. The molecule has 4 atom stereocenters. The minimum Gasteiger partial charge on any atom is -0.481 e. The Kier molecular flexibility index (Phi) is 9.49. The van der Waals surface area contributed by atoms with Crippen LogP contribution in [-0.4, -0.2) is 43.8 Å². The van der Waals surface area contributed by atoms with Crippen LogP contribution in [0.2, 0.25) is 0 Å². The summed E-state index contributed by atoms with van der Waals surface area (Å²) in [6.45, 7) is 0.698. The maximum absolute atomic E-state index is 14.4. The van der Waals surface area contributed by atoms with Crippen LogP contribution in [0.1, 0.15) is 22.3 Å². The molecular formula is C36H34N2O6. The first kappa shape index (κ1) is 30.2. The van der Waals surface area contributed by atoms with E-state index in [0.717, 1.165) is 22.3 Å². The number of aliphatic carboxylic acids is 2. The summed E-state index contributed by atoms with van der Waals surface area (Å²) in [6, 6.07) is 37.2. The highest BCUT2D eigenvalue weighted by Gasteiger charge is 2.64. The highest BCUT2D eigenvalue weighted by molar-refractivity contribution is 5.99. The average Bonchev–Trinajstić information content (AvgIpc) is 3.01. The molecule has 44 heavy (non-hydrogen) atoms. The van der Waals surface area contributed by atoms with Crippen molar-refractivity contribution < 1.29 is 29.4 Å². The molecule has 5 rings (SSSR count). The monoisotopic (exact) mass is 590 g/mol. The van der Waals surface area contributed by atoms with Crippen LogP contribution in [0.5, 0.6) is 0 Å². The fraction of sp³-hybridized carbons (Fsp3) is 0.222. The lowest BCUT2D eigenvalue weighted by Crippen LogP contribution is -2.64. The summed E-state index contributed by atoms with van der Waals surface area (Å²) in [5.74, 6) is -9.70. The molecule has 2 N–H and O–H groups in total. The second kappa shape index (κ2) is 13.8. The number of carboxylic acids is 2. The topological polar surface area (TPSA) is 115 Å². The van der Waals surface area contributed by atoms with E-state index in [4.69, 9.17) is 0 Å². The fourth-order valence-corrected chi connectivity index (χ4v) is 6.04. The molecule has 224 valence electrons. The van der Waals surface area contributed by atoms with E-state index in [9.17, 15) is 29.4 Å². The van der Waals surface area contributed by atoms with E-state index < -0.39 is 47.4 Å². The summed E-state index contributed by atoms with van der Waals surface area (Å²) in [6.07, 6.45) is 0. The first-order chi connectivity index (χ1) is 21.3. The molecule has 0 aromatic heterocycles. The van der Waals surface area contributed by atoms with Gasteiger partial charge in [0.1, 0.15) is 0 Å². The van der Waals surface area contributed by atoms with Crippen LogP contribution in [-0.2, 0) is 45.4 Å². The summed E-state index contributed by atoms with van der Waals surface area (Å²) >= 11 is 0. The van der Waals surface area contributed by atoms with Crippen molar-refractivity contribution in [1.82, 2.24) is 9.80 Å². The minimum atomic E-state index is -1.54. The summed E-state index contributed by atoms with van der Waals surface area (Å²) in [5, 5.41) is 20.4. The number of carbonyl (C=O) groups is 4. The number of rotatable bonds is 12. The third-order valence-electron chi connectivity index (χ3n) is 8.18. The van der Waals surface area contributed by atoms with Gasteiger partial charge in [0, 0.05) is 26.2 Å². The standard InChI is InChI=1S/C36H34N2O6/c39-33(37(21-25-13-5-1-6-14-25)22-26-15-7-2-8-16-26)29-30(32(36(43)44)31(29)35(41)42)34(40)38(23-27-17-9-3-10-18-27)24-28-19-11-4-12-20-28/h1-20,29-32H,21-24H2,(H,41,42)(H,43,44)/t29-,30-,31-,32-/m0/s1. The zero-order valence-electron chi connectivity index (χ0n) is 24.1. The van der Waals surface area contributed by atoms with Gasteiger partial charge in [-0.1, -0.05) is 121 Å². The van der Waals surface area contributed by atoms with E-state index in [-0.39, 0.29) is 26.2 Å². The van der Waals surface area contributed by atoms with Gasteiger partial charge in [0.15, 0.2) is 0 Å². The second-order valence-corrected chi connectivity index (χ2v) is 11.1. The largest absolute Gasteiger partial charge is 0.481 e. The third-order valence-corrected chi connectivity index (χ3v) is 8.18. The Morgan fingerprint density at radius 2 is 0.636 bits per heavy atom. The van der Waals surface area contributed by atoms with Gasteiger partial charge in [-0.2, -0.15) is 0 Å². The molecule has 1 aliphatic carbocycles. The van der Waals surface area contributed by atoms with Crippen LogP contribution < -0.4 is 0 Å². The quantitative estimate of drug-likeness (QED) is 0.238. The fourth-order valence-electron chi connectivity index (χ4n) is 6.04. The van der Waals surface area contributed by atoms with Gasteiger partial charge in [0.25, 0.3) is 0 Å². The number of hydrogen-bond donors (Lipinski definition) is 2. The molecule has 0 bridgehead atoms. The first-order valence-electron chi connectivity index (χ1n) is 14.5. The molecule has 4 aromatic rings. The van der Waals surface area contributed by atoms with Crippen molar-refractivity contribution in [3.8, 4) is 0 Å². The lowest BCUT2D eigenvalue weighted by atomic mass is 9.55. The Morgan fingerprint density at radius 3 is 0.841 bits per heavy atom. The highest BCUT2D eigenvalue weighted by atomic mass is 16.4. The molecule has 1 saturated carbocycles. The van der Waals surface area contributed by atoms with Gasteiger partial charge >= 0.3 is 11.9 Å². The van der Waals surface area contributed by atoms with E-state index in [1.165, 1.54) is 9.80 Å². The van der Waals surface area contributed by atoms with Gasteiger partial charge in [-0.3, -0.25) is 19.2 Å². The molecule has 0 radical (unpaired) electrons. The molecule has 0 heterocycles. The molecule has 0 aliphatic heterocycles. The number of amides is 2. The zero-order chi connectivity index (χ0) is 31.1. The van der Waals surface area contributed by atoms with Crippen molar-refractivity contribution in [3.63, 3.8) is 0 Å². The van der Waals surface area contributed by atoms with Crippen LogP contribution in [0.25, 0.3) is 0 Å². The summed E-state index contributed by atoms with van der Waals surface area (Å²) < 4.78 is 0. The van der Waals surface area contributed by atoms with Gasteiger partial charge in [-0.05, 0) is 22.3 Å². The molecule has 8 heteroatoms. The Morgan fingerprint density at radius 1 is 0.409 bits per heavy atom. The van der Waals surface area contributed by atoms with Crippen molar-refractivity contribution in [1.29, 1.82) is 0 Å². The van der Waals surface area contributed by atoms with Crippen LogP contribution in [0.3, 0.4) is 0 Å². The molecule has 1 aliphatic rings. The molecule has 1 fully saturated rings. The van der Waals surface area contributed by atoms with Gasteiger partial charge in [0.05, 0.1) is 23.7 Å². The average molecular weight is 591 g/mol.